The van der Waals surface area contributed by atoms with Crippen molar-refractivity contribution in [3.8, 4) is 0 Å². The Balaban J connectivity index is 2.08. The number of benzene rings is 3. The van der Waals surface area contributed by atoms with Crippen LogP contribution in [0, 0.1) is 0 Å². The van der Waals surface area contributed by atoms with E-state index in [2.05, 4.69) is 28.7 Å². The van der Waals surface area contributed by atoms with Gasteiger partial charge in [-0.25, -0.2) is 10.2 Å². The number of carbonyl (C=O) groups excluding carboxylic acids is 1. The molecule has 0 aliphatic carbocycles. The predicted octanol–water partition coefficient (Wildman–Crippen LogP) is 4.07. The van der Waals surface area contributed by atoms with E-state index in [0.717, 1.165) is 27.1 Å². The van der Waals surface area contributed by atoms with Crippen molar-refractivity contribution in [1.82, 2.24) is 5.43 Å². The van der Waals surface area contributed by atoms with Crippen molar-refractivity contribution >= 4 is 33.9 Å². The molecule has 110 valence electrons. The number of hydrogen-bond acceptors (Lipinski definition) is 3. The molecule has 0 aromatic heterocycles. The van der Waals surface area contributed by atoms with Crippen molar-refractivity contribution in [2.45, 2.75) is 6.92 Å². The number of rotatable bonds is 3. The van der Waals surface area contributed by atoms with Gasteiger partial charge in [-0.05, 0) is 34.5 Å². The molecule has 3 aromatic carbocycles. The average Bonchev–Trinajstić information content (AvgIpc) is 2.54. The molecule has 22 heavy (non-hydrogen) atoms. The molecule has 0 bridgehead atoms. The number of amides is 1. The number of fused-ring (bicyclic) bond motifs is 2. The summed E-state index contributed by atoms with van der Waals surface area (Å²) >= 11 is 0. The van der Waals surface area contributed by atoms with E-state index >= 15 is 0 Å². The van der Waals surface area contributed by atoms with Gasteiger partial charge in [0.1, 0.15) is 0 Å². The molecular weight excluding hydrogens is 276 g/mol. The Bertz CT molecular complexity index is 802. The molecular formula is C18H16N2O2. The molecule has 0 saturated heterocycles. The first-order chi connectivity index (χ1) is 10.8. The molecule has 0 unspecified atom stereocenters. The highest BCUT2D eigenvalue weighted by Crippen LogP contribution is 2.27. The molecule has 1 N–H and O–H groups in total. The molecule has 0 saturated carbocycles. The SMILES string of the molecule is CCOC(=O)N/N=C\c1c2ccccc2cc2ccccc12. The number of hydrazone groups is 1. The molecule has 0 aliphatic rings. The summed E-state index contributed by atoms with van der Waals surface area (Å²) in [4.78, 5) is 11.3. The Hall–Kier alpha value is -2.88. The van der Waals surface area contributed by atoms with Crippen molar-refractivity contribution in [3.63, 3.8) is 0 Å². The minimum atomic E-state index is -0.553. The van der Waals surface area contributed by atoms with Crippen LogP contribution in [0.5, 0.6) is 0 Å². The van der Waals surface area contributed by atoms with Gasteiger partial charge >= 0.3 is 6.09 Å². The van der Waals surface area contributed by atoms with Crippen molar-refractivity contribution in [2.75, 3.05) is 6.61 Å². The molecule has 0 radical (unpaired) electrons. The quantitative estimate of drug-likeness (QED) is 0.449. The van der Waals surface area contributed by atoms with Crippen LogP contribution < -0.4 is 5.43 Å². The summed E-state index contributed by atoms with van der Waals surface area (Å²) in [6.45, 7) is 2.07. The summed E-state index contributed by atoms with van der Waals surface area (Å²) in [5.74, 6) is 0. The maximum atomic E-state index is 11.3. The van der Waals surface area contributed by atoms with E-state index in [9.17, 15) is 4.79 Å². The lowest BCUT2D eigenvalue weighted by molar-refractivity contribution is 0.152. The second kappa shape index (κ2) is 6.26. The van der Waals surface area contributed by atoms with Crippen LogP contribution >= 0.6 is 0 Å². The number of carbonyl (C=O) groups is 1. The average molecular weight is 292 g/mol. The lowest BCUT2D eigenvalue weighted by Crippen LogP contribution is -2.18. The summed E-state index contributed by atoms with van der Waals surface area (Å²) in [5.41, 5.74) is 3.35. The highest BCUT2D eigenvalue weighted by Gasteiger charge is 2.05. The highest BCUT2D eigenvalue weighted by molar-refractivity contribution is 6.13. The Labute approximate surface area is 128 Å². The van der Waals surface area contributed by atoms with Crippen LogP contribution in [0.15, 0.2) is 59.7 Å². The normalized spacial score (nSPS) is 11.1. The Morgan fingerprint density at radius 2 is 1.68 bits per heavy atom. The summed E-state index contributed by atoms with van der Waals surface area (Å²) in [6.07, 6.45) is 1.12. The van der Waals surface area contributed by atoms with Gasteiger partial charge in [-0.3, -0.25) is 0 Å². The van der Waals surface area contributed by atoms with Crippen LogP contribution in [0.4, 0.5) is 4.79 Å². The molecule has 0 aliphatic heterocycles. The monoisotopic (exact) mass is 292 g/mol. The first kappa shape index (κ1) is 14.1. The number of nitrogens with zero attached hydrogens (tertiary/aromatic N) is 1. The minimum absolute atomic E-state index is 0.318. The Kier molecular flexibility index (Phi) is 4.01. The van der Waals surface area contributed by atoms with Crippen LogP contribution in [-0.2, 0) is 4.74 Å². The van der Waals surface area contributed by atoms with Crippen LogP contribution in [0.25, 0.3) is 21.5 Å². The topological polar surface area (TPSA) is 50.7 Å². The summed E-state index contributed by atoms with van der Waals surface area (Å²) in [7, 11) is 0. The van der Waals surface area contributed by atoms with Gasteiger partial charge in [-0.15, -0.1) is 0 Å². The van der Waals surface area contributed by atoms with Crippen molar-refractivity contribution in [3.05, 3.63) is 60.2 Å². The number of hydrogen-bond donors (Lipinski definition) is 1. The smallest absolute Gasteiger partial charge is 0.427 e. The summed E-state index contributed by atoms with van der Waals surface area (Å²) in [5, 5.41) is 8.47. The third-order valence-electron chi connectivity index (χ3n) is 3.44. The van der Waals surface area contributed by atoms with Gasteiger partial charge in [0.05, 0.1) is 12.8 Å². The molecule has 3 rings (SSSR count). The molecule has 4 nitrogen and oxygen atoms in total. The predicted molar refractivity (Wildman–Crippen MR) is 89.2 cm³/mol. The maximum absolute atomic E-state index is 11.3. The van der Waals surface area contributed by atoms with E-state index < -0.39 is 6.09 Å². The minimum Gasteiger partial charge on any atom is -0.449 e. The Morgan fingerprint density at radius 3 is 2.27 bits per heavy atom. The molecule has 0 fully saturated rings. The first-order valence-corrected chi connectivity index (χ1v) is 7.16. The second-order valence-electron chi connectivity index (χ2n) is 4.82. The fourth-order valence-electron chi connectivity index (χ4n) is 2.50. The van der Waals surface area contributed by atoms with E-state index in [-0.39, 0.29) is 0 Å². The zero-order chi connectivity index (χ0) is 15.4. The van der Waals surface area contributed by atoms with E-state index in [0.29, 0.717) is 6.61 Å². The fraction of sp³-hybridized carbons (Fsp3) is 0.111. The van der Waals surface area contributed by atoms with Crippen LogP contribution in [0.1, 0.15) is 12.5 Å². The van der Waals surface area contributed by atoms with E-state index in [4.69, 9.17) is 4.74 Å². The lowest BCUT2D eigenvalue weighted by atomic mass is 9.97. The highest BCUT2D eigenvalue weighted by atomic mass is 16.5. The lowest BCUT2D eigenvalue weighted by Gasteiger charge is -2.07. The number of nitrogens with one attached hydrogen (secondary N) is 1. The zero-order valence-electron chi connectivity index (χ0n) is 12.2. The van der Waals surface area contributed by atoms with Crippen LogP contribution in [-0.4, -0.2) is 18.9 Å². The summed E-state index contributed by atoms with van der Waals surface area (Å²) in [6, 6.07) is 18.4. The van der Waals surface area contributed by atoms with Crippen molar-refractivity contribution in [1.29, 1.82) is 0 Å². The van der Waals surface area contributed by atoms with Crippen LogP contribution in [0.2, 0.25) is 0 Å². The zero-order valence-corrected chi connectivity index (χ0v) is 12.2. The van der Waals surface area contributed by atoms with Crippen molar-refractivity contribution in [2.24, 2.45) is 5.10 Å². The van der Waals surface area contributed by atoms with E-state index in [1.165, 1.54) is 0 Å². The van der Waals surface area contributed by atoms with Gasteiger partial charge in [0.25, 0.3) is 0 Å². The van der Waals surface area contributed by atoms with Crippen LogP contribution in [0.3, 0.4) is 0 Å². The molecule has 1 amide bonds. The molecule has 0 spiro atoms. The van der Waals surface area contributed by atoms with Gasteiger partial charge in [0.2, 0.25) is 0 Å². The summed E-state index contributed by atoms with van der Waals surface area (Å²) < 4.78 is 4.79. The molecule has 0 heterocycles. The standard InChI is InChI=1S/C18H16N2O2/c1-2-22-18(21)20-19-12-17-15-9-5-3-7-13(15)11-14-8-4-6-10-16(14)17/h3-12H,2H2,1H3,(H,20,21)/b19-12-. The fourth-order valence-corrected chi connectivity index (χ4v) is 2.50. The molecule has 3 aromatic rings. The van der Waals surface area contributed by atoms with Gasteiger partial charge in [0.15, 0.2) is 0 Å². The third kappa shape index (κ3) is 2.76. The van der Waals surface area contributed by atoms with Gasteiger partial charge in [0, 0.05) is 5.56 Å². The number of ether oxygens (including phenoxy) is 1. The molecule has 4 heteroatoms. The van der Waals surface area contributed by atoms with E-state index in [1.54, 1.807) is 13.1 Å². The molecule has 0 atom stereocenters. The third-order valence-corrected chi connectivity index (χ3v) is 3.44. The van der Waals surface area contributed by atoms with Gasteiger partial charge < -0.3 is 4.74 Å². The maximum Gasteiger partial charge on any atom is 0.427 e. The first-order valence-electron chi connectivity index (χ1n) is 7.16. The van der Waals surface area contributed by atoms with Gasteiger partial charge in [-0.1, -0.05) is 48.5 Å². The largest absolute Gasteiger partial charge is 0.449 e. The van der Waals surface area contributed by atoms with E-state index in [1.807, 2.05) is 36.4 Å². The van der Waals surface area contributed by atoms with Gasteiger partial charge in [-0.2, -0.15) is 5.10 Å². The van der Waals surface area contributed by atoms with Crippen molar-refractivity contribution < 1.29 is 9.53 Å². The second-order valence-corrected chi connectivity index (χ2v) is 4.82. The Morgan fingerprint density at radius 1 is 1.09 bits per heavy atom.